The number of nitrogens with zero attached hydrogens (tertiary/aromatic N) is 2. The van der Waals surface area contributed by atoms with Crippen molar-refractivity contribution < 1.29 is 29.5 Å². The molecule has 0 unspecified atom stereocenters. The maximum absolute atomic E-state index is 12.2. The number of benzene rings is 1. The van der Waals surface area contributed by atoms with Gasteiger partial charge in [0.25, 0.3) is 0 Å². The van der Waals surface area contributed by atoms with Crippen LogP contribution < -0.4 is 5.32 Å². The van der Waals surface area contributed by atoms with Crippen molar-refractivity contribution in [1.82, 2.24) is 10.2 Å². The van der Waals surface area contributed by atoms with E-state index < -0.39 is 11.1 Å². The van der Waals surface area contributed by atoms with E-state index in [-0.39, 0.29) is 29.3 Å². The summed E-state index contributed by atoms with van der Waals surface area (Å²) in [5.74, 6) is -0.543. The van der Waals surface area contributed by atoms with Gasteiger partial charge in [0.2, 0.25) is 16.9 Å². The monoisotopic (exact) mass is 370 g/mol. The smallest absolute Gasteiger partial charge is 0.347 e. The molecular formula is C15H20N3O6S+. The van der Waals surface area contributed by atoms with Crippen molar-refractivity contribution in [2.45, 2.75) is 19.6 Å². The Hall–Kier alpha value is -2.62. The maximum atomic E-state index is 12.2. The lowest BCUT2D eigenvalue weighted by Gasteiger charge is -2.20. The van der Waals surface area contributed by atoms with Gasteiger partial charge in [-0.25, -0.2) is 5.21 Å². The molecule has 0 fully saturated rings. The summed E-state index contributed by atoms with van der Waals surface area (Å²) in [6.45, 7) is 1.17. The summed E-state index contributed by atoms with van der Waals surface area (Å²) < 4.78 is 0. The van der Waals surface area contributed by atoms with Gasteiger partial charge < -0.3 is 10.2 Å². The first kappa shape index (κ1) is 20.4. The number of hydrogen-bond acceptors (Lipinski definition) is 6. The minimum absolute atomic E-state index is 0.107. The molecule has 0 saturated carbocycles. The number of hydrogen-bond donors (Lipinski definition) is 2. The number of rotatable bonds is 8. The summed E-state index contributed by atoms with van der Waals surface area (Å²) in [5.41, 5.74) is 0.992. The van der Waals surface area contributed by atoms with Crippen LogP contribution in [0.2, 0.25) is 0 Å². The van der Waals surface area contributed by atoms with Crippen molar-refractivity contribution in [3.05, 3.63) is 40.3 Å². The van der Waals surface area contributed by atoms with E-state index in [9.17, 15) is 19.3 Å². The summed E-state index contributed by atoms with van der Waals surface area (Å²) in [6.07, 6.45) is 0. The van der Waals surface area contributed by atoms with E-state index in [0.29, 0.717) is 11.1 Å². The Balaban J connectivity index is 2.65. The van der Waals surface area contributed by atoms with E-state index in [1.165, 1.54) is 11.8 Å². The summed E-state index contributed by atoms with van der Waals surface area (Å²) in [6, 6.07) is 5.45. The van der Waals surface area contributed by atoms with Crippen LogP contribution in [0.25, 0.3) is 0 Å². The van der Waals surface area contributed by atoms with Crippen molar-refractivity contribution in [2.24, 2.45) is 0 Å². The third-order valence-electron chi connectivity index (χ3n) is 3.03. The number of carbonyl (C=O) groups excluding carboxylic acids is 3. The van der Waals surface area contributed by atoms with Gasteiger partial charge in [-0.1, -0.05) is 36.0 Å². The number of carbonyl (C=O) groups is 3. The lowest BCUT2D eigenvalue weighted by Crippen LogP contribution is -2.47. The highest BCUT2D eigenvalue weighted by molar-refractivity contribution is 8.14. The predicted octanol–water partition coefficient (Wildman–Crippen LogP) is 0.753. The van der Waals surface area contributed by atoms with Crippen molar-refractivity contribution in [3.63, 3.8) is 0 Å². The van der Waals surface area contributed by atoms with Crippen LogP contribution in [-0.4, -0.2) is 58.0 Å². The molecule has 9 nitrogen and oxygen atoms in total. The fourth-order valence-electron chi connectivity index (χ4n) is 1.84. The van der Waals surface area contributed by atoms with Gasteiger partial charge in [-0.05, 0) is 5.56 Å². The van der Waals surface area contributed by atoms with Gasteiger partial charge in [0, 0.05) is 32.3 Å². The third-order valence-corrected chi connectivity index (χ3v) is 4.03. The number of likely N-dealkylation sites (N-methyl/N-ethyl adjacent to an activating group) is 1. The zero-order valence-electron chi connectivity index (χ0n) is 14.1. The minimum Gasteiger partial charge on any atom is -0.347 e. The van der Waals surface area contributed by atoms with Gasteiger partial charge in [-0.3, -0.25) is 14.4 Å². The Morgan fingerprint density at radius 2 is 1.88 bits per heavy atom. The molecule has 1 atom stereocenters. The molecule has 0 aliphatic carbocycles. The maximum Gasteiger partial charge on any atom is 0.475 e. The zero-order chi connectivity index (χ0) is 19.0. The second-order valence-electron chi connectivity index (χ2n) is 5.29. The van der Waals surface area contributed by atoms with E-state index >= 15 is 0 Å². The lowest BCUT2D eigenvalue weighted by molar-refractivity contribution is -0.979. The van der Waals surface area contributed by atoms with Crippen LogP contribution in [0.5, 0.6) is 0 Å². The number of thioether (sulfide) groups is 1. The molecule has 0 heterocycles. The van der Waals surface area contributed by atoms with Crippen LogP contribution in [0, 0.1) is 4.91 Å². The highest BCUT2D eigenvalue weighted by Gasteiger charge is 2.22. The molecule has 10 heteroatoms. The fourth-order valence-corrected chi connectivity index (χ4v) is 2.69. The first-order valence-electron chi connectivity index (χ1n) is 7.24. The summed E-state index contributed by atoms with van der Waals surface area (Å²) in [4.78, 5) is 51.4. The molecule has 0 aliphatic rings. The molecule has 136 valence electrons. The average Bonchev–Trinajstić information content (AvgIpc) is 2.55. The Morgan fingerprint density at radius 3 is 2.36 bits per heavy atom. The molecule has 1 aromatic rings. The standard InChI is InChI=1S/C15H19N3O6S/c1-10(19)16-13(14(20)17(2)3)9-25-15(21)12-6-4-11(5-7-12)8-24-18(22)23/h4-7,13H,8-9H2,1-3H3,(H-,16,19,22,23)/p+1/t13-/m0/s1. The molecule has 0 aromatic heterocycles. The van der Waals surface area contributed by atoms with Crippen molar-refractivity contribution in [2.75, 3.05) is 19.8 Å². The van der Waals surface area contributed by atoms with Crippen LogP contribution in [0.1, 0.15) is 22.8 Å². The quantitative estimate of drug-likeness (QED) is 0.649. The van der Waals surface area contributed by atoms with E-state index in [1.54, 1.807) is 38.4 Å². The molecule has 1 aromatic carbocycles. The van der Waals surface area contributed by atoms with Crippen LogP contribution in [0.4, 0.5) is 0 Å². The van der Waals surface area contributed by atoms with Gasteiger partial charge in [0.1, 0.15) is 10.9 Å². The average molecular weight is 370 g/mol. The molecule has 1 rings (SSSR count). The molecule has 0 aliphatic heterocycles. The fraction of sp³-hybridized carbons (Fsp3) is 0.400. The minimum atomic E-state index is -0.790. The lowest BCUT2D eigenvalue weighted by atomic mass is 10.2. The SMILES string of the molecule is CC(=O)N[C@@H](CSC(=O)c1ccc(CO[N+](=O)O)cc1)C(=O)N(C)C. The van der Waals surface area contributed by atoms with Gasteiger partial charge in [0.05, 0.1) is 0 Å². The molecule has 0 radical (unpaired) electrons. The second-order valence-corrected chi connectivity index (χ2v) is 6.29. The van der Waals surface area contributed by atoms with Crippen LogP contribution >= 0.6 is 11.8 Å². The highest BCUT2D eigenvalue weighted by atomic mass is 32.2. The van der Waals surface area contributed by atoms with Crippen LogP contribution in [-0.2, 0) is 21.0 Å². The first-order valence-corrected chi connectivity index (χ1v) is 8.22. The van der Waals surface area contributed by atoms with Gasteiger partial charge in [-0.2, -0.15) is 4.84 Å². The molecule has 2 amide bonds. The van der Waals surface area contributed by atoms with Crippen molar-refractivity contribution in [1.29, 1.82) is 0 Å². The van der Waals surface area contributed by atoms with Crippen molar-refractivity contribution in [3.8, 4) is 0 Å². The molecule has 0 spiro atoms. The molecule has 0 bridgehead atoms. The molecule has 0 saturated heterocycles. The predicted molar refractivity (Wildman–Crippen MR) is 89.7 cm³/mol. The Labute approximate surface area is 148 Å². The number of nitrogens with one attached hydrogen (secondary N) is 1. The topological polar surface area (TPSA) is 116 Å². The Bertz CT molecular complexity index is 647. The highest BCUT2D eigenvalue weighted by Crippen LogP contribution is 2.15. The first-order chi connectivity index (χ1) is 11.7. The van der Waals surface area contributed by atoms with Gasteiger partial charge >= 0.3 is 5.09 Å². The number of amides is 2. The van der Waals surface area contributed by atoms with Gasteiger partial charge in [-0.15, -0.1) is 0 Å². The zero-order valence-corrected chi connectivity index (χ0v) is 14.9. The summed E-state index contributed by atoms with van der Waals surface area (Å²) >= 11 is 0.919. The van der Waals surface area contributed by atoms with Crippen LogP contribution in [0.15, 0.2) is 24.3 Å². The Kier molecular flexibility index (Phi) is 7.86. The van der Waals surface area contributed by atoms with E-state index in [1.807, 2.05) is 0 Å². The normalized spacial score (nSPS) is 11.3. The van der Waals surface area contributed by atoms with Crippen LogP contribution in [0.3, 0.4) is 0 Å². The summed E-state index contributed by atoms with van der Waals surface area (Å²) in [5, 5.41) is 9.99. The molecule has 25 heavy (non-hydrogen) atoms. The van der Waals surface area contributed by atoms with Crippen molar-refractivity contribution >= 4 is 28.7 Å². The van der Waals surface area contributed by atoms with E-state index in [2.05, 4.69) is 10.2 Å². The van der Waals surface area contributed by atoms with E-state index in [0.717, 1.165) is 11.8 Å². The second kappa shape index (κ2) is 9.62. The van der Waals surface area contributed by atoms with Gasteiger partial charge in [0.15, 0.2) is 6.61 Å². The third kappa shape index (κ3) is 7.21. The molecule has 2 N–H and O–H groups in total. The molecular weight excluding hydrogens is 350 g/mol. The largest absolute Gasteiger partial charge is 0.475 e. The van der Waals surface area contributed by atoms with E-state index in [4.69, 9.17) is 5.21 Å². The summed E-state index contributed by atoms with van der Waals surface area (Å²) in [7, 11) is 3.14. The Morgan fingerprint density at radius 1 is 1.28 bits per heavy atom.